The number of amides is 1. The van der Waals surface area contributed by atoms with Gasteiger partial charge in [-0.25, -0.2) is 22.7 Å². The number of para-hydroxylation sites is 1. The molecule has 0 N–H and O–H groups in total. The maximum Gasteiger partial charge on any atom is 0.378 e. The first-order chi connectivity index (χ1) is 14.7. The summed E-state index contributed by atoms with van der Waals surface area (Å²) in [6, 6.07) is 9.69. The summed E-state index contributed by atoms with van der Waals surface area (Å²) >= 11 is 0. The number of aryl methyl sites for hydroxylation is 2. The average Bonchev–Trinajstić information content (AvgIpc) is 3.30. The van der Waals surface area contributed by atoms with Gasteiger partial charge in [0.2, 0.25) is 0 Å². The van der Waals surface area contributed by atoms with Gasteiger partial charge in [0.25, 0.3) is 17.5 Å². The standard InChI is InChI=1S/C20H19N5O5S/c1-13-10-14(2)25-20(21-13)22-18(23-25)19(27)30-11-17(26)24(15-6-4-3-5-7-15)16-8-9-31(28,29)12-16/h3-10,16H,11-12H2,1-2H3. The molecular formula is C20H19N5O5S. The van der Waals surface area contributed by atoms with Crippen molar-refractivity contribution in [2.45, 2.75) is 19.9 Å². The van der Waals surface area contributed by atoms with Crippen LogP contribution in [0, 0.1) is 13.8 Å². The van der Waals surface area contributed by atoms with Crippen LogP contribution in [0.2, 0.25) is 0 Å². The van der Waals surface area contributed by atoms with E-state index in [-0.39, 0.29) is 17.4 Å². The fourth-order valence-electron chi connectivity index (χ4n) is 3.34. The lowest BCUT2D eigenvalue weighted by molar-refractivity contribution is -0.121. The smallest absolute Gasteiger partial charge is 0.378 e. The maximum atomic E-state index is 12.9. The van der Waals surface area contributed by atoms with Crippen molar-refractivity contribution in [2.75, 3.05) is 17.3 Å². The minimum Gasteiger partial charge on any atom is -0.450 e. The number of carbonyl (C=O) groups excluding carboxylic acids is 2. The molecule has 1 atom stereocenters. The molecule has 1 unspecified atom stereocenters. The molecule has 160 valence electrons. The Balaban J connectivity index is 1.52. The molecule has 0 saturated heterocycles. The molecule has 0 spiro atoms. The minimum atomic E-state index is -3.39. The van der Waals surface area contributed by atoms with Gasteiger partial charge in [0.15, 0.2) is 16.4 Å². The molecule has 1 amide bonds. The molecule has 31 heavy (non-hydrogen) atoms. The lowest BCUT2D eigenvalue weighted by Gasteiger charge is -2.27. The largest absolute Gasteiger partial charge is 0.450 e. The van der Waals surface area contributed by atoms with Crippen molar-refractivity contribution in [3.8, 4) is 0 Å². The molecule has 1 aliphatic heterocycles. The van der Waals surface area contributed by atoms with Crippen molar-refractivity contribution in [1.82, 2.24) is 19.6 Å². The van der Waals surface area contributed by atoms with E-state index >= 15 is 0 Å². The number of anilines is 1. The van der Waals surface area contributed by atoms with Crippen LogP contribution in [0.3, 0.4) is 0 Å². The van der Waals surface area contributed by atoms with Gasteiger partial charge in [0.1, 0.15) is 0 Å². The molecule has 0 saturated carbocycles. The van der Waals surface area contributed by atoms with E-state index in [1.165, 1.54) is 15.5 Å². The van der Waals surface area contributed by atoms with E-state index in [2.05, 4.69) is 15.1 Å². The molecule has 0 bridgehead atoms. The summed E-state index contributed by atoms with van der Waals surface area (Å²) in [6.07, 6.45) is 1.45. The molecule has 0 radical (unpaired) electrons. The molecule has 0 fully saturated rings. The zero-order valence-corrected chi connectivity index (χ0v) is 17.6. The van der Waals surface area contributed by atoms with E-state index in [9.17, 15) is 18.0 Å². The molecule has 3 heterocycles. The Kier molecular flexibility index (Phi) is 5.27. The predicted molar refractivity (Wildman–Crippen MR) is 111 cm³/mol. The van der Waals surface area contributed by atoms with Crippen LogP contribution in [0.25, 0.3) is 5.78 Å². The van der Waals surface area contributed by atoms with Gasteiger partial charge in [-0.1, -0.05) is 18.2 Å². The third-order valence-electron chi connectivity index (χ3n) is 4.67. The minimum absolute atomic E-state index is 0.219. The highest BCUT2D eigenvalue weighted by molar-refractivity contribution is 7.94. The van der Waals surface area contributed by atoms with E-state index in [0.29, 0.717) is 5.69 Å². The second-order valence-corrected chi connectivity index (χ2v) is 9.02. The highest BCUT2D eigenvalue weighted by atomic mass is 32.2. The fraction of sp³-hybridized carbons (Fsp3) is 0.250. The number of ether oxygens (including phenoxy) is 1. The van der Waals surface area contributed by atoms with Gasteiger partial charge in [0.05, 0.1) is 11.8 Å². The van der Waals surface area contributed by atoms with Crippen LogP contribution >= 0.6 is 0 Å². The number of nitrogens with zero attached hydrogens (tertiary/aromatic N) is 5. The molecule has 4 rings (SSSR count). The third kappa shape index (κ3) is 4.31. The second kappa shape index (κ2) is 7.91. The molecule has 1 aliphatic rings. The van der Waals surface area contributed by atoms with Crippen LogP contribution < -0.4 is 4.90 Å². The van der Waals surface area contributed by atoms with Gasteiger partial charge in [-0.15, -0.1) is 5.10 Å². The number of esters is 1. The van der Waals surface area contributed by atoms with Crippen molar-refractivity contribution in [1.29, 1.82) is 0 Å². The number of aromatic nitrogens is 4. The van der Waals surface area contributed by atoms with Gasteiger partial charge < -0.3 is 9.64 Å². The van der Waals surface area contributed by atoms with Crippen molar-refractivity contribution >= 4 is 33.2 Å². The summed E-state index contributed by atoms with van der Waals surface area (Å²) in [5.74, 6) is -1.65. The average molecular weight is 441 g/mol. The molecule has 10 nitrogen and oxygen atoms in total. The van der Waals surface area contributed by atoms with E-state index < -0.39 is 34.4 Å². The zero-order chi connectivity index (χ0) is 22.2. The first-order valence-electron chi connectivity index (χ1n) is 9.40. The van der Waals surface area contributed by atoms with Crippen LogP contribution in [0.15, 0.2) is 47.9 Å². The molecule has 3 aromatic rings. The van der Waals surface area contributed by atoms with E-state index in [1.807, 2.05) is 0 Å². The number of hydrogen-bond acceptors (Lipinski definition) is 8. The normalized spacial score (nSPS) is 17.0. The highest BCUT2D eigenvalue weighted by Gasteiger charge is 2.32. The Hall–Kier alpha value is -3.60. The van der Waals surface area contributed by atoms with Crippen LogP contribution in [0.4, 0.5) is 5.69 Å². The molecule has 2 aromatic heterocycles. The zero-order valence-electron chi connectivity index (χ0n) is 16.8. The lowest BCUT2D eigenvalue weighted by Crippen LogP contribution is -2.43. The predicted octanol–water partition coefficient (Wildman–Crippen LogP) is 1.24. The van der Waals surface area contributed by atoms with Gasteiger partial charge in [0, 0.05) is 22.5 Å². The molecule has 0 aliphatic carbocycles. The topological polar surface area (TPSA) is 124 Å². The van der Waals surface area contributed by atoms with Crippen LogP contribution in [0.5, 0.6) is 0 Å². The van der Waals surface area contributed by atoms with Crippen molar-refractivity contribution < 1.29 is 22.7 Å². The van der Waals surface area contributed by atoms with Gasteiger partial charge in [-0.2, -0.15) is 4.98 Å². The number of benzene rings is 1. The summed E-state index contributed by atoms with van der Waals surface area (Å²) in [4.78, 5) is 34.9. The summed E-state index contributed by atoms with van der Waals surface area (Å²) < 4.78 is 30.3. The number of fused-ring (bicyclic) bond motifs is 1. The molecule has 11 heteroatoms. The van der Waals surface area contributed by atoms with E-state index in [1.54, 1.807) is 50.2 Å². The number of rotatable bonds is 5. The SMILES string of the molecule is Cc1cc(C)n2nc(C(=O)OCC(=O)N(c3ccccc3)C3C=CS(=O)(=O)C3)nc2n1. The molecule has 1 aromatic carbocycles. The fourth-order valence-corrected chi connectivity index (χ4v) is 4.61. The first kappa shape index (κ1) is 20.7. The van der Waals surface area contributed by atoms with Crippen molar-refractivity contribution in [3.63, 3.8) is 0 Å². The van der Waals surface area contributed by atoms with Gasteiger partial charge in [-0.05, 0) is 38.1 Å². The molecular weight excluding hydrogens is 422 g/mol. The summed E-state index contributed by atoms with van der Waals surface area (Å²) in [5.41, 5.74) is 1.97. The first-order valence-corrected chi connectivity index (χ1v) is 11.1. The van der Waals surface area contributed by atoms with Crippen LogP contribution in [-0.2, 0) is 19.4 Å². The Bertz CT molecular complexity index is 1300. The Morgan fingerprint density at radius 3 is 2.61 bits per heavy atom. The summed E-state index contributed by atoms with van der Waals surface area (Å²) in [5, 5.41) is 5.17. The van der Waals surface area contributed by atoms with Crippen molar-refractivity contribution in [2.24, 2.45) is 0 Å². The van der Waals surface area contributed by atoms with Crippen molar-refractivity contribution in [3.05, 3.63) is 65.1 Å². The monoisotopic (exact) mass is 441 g/mol. The van der Waals surface area contributed by atoms with Gasteiger partial charge in [-0.3, -0.25) is 4.79 Å². The number of carbonyl (C=O) groups is 2. The summed E-state index contributed by atoms with van der Waals surface area (Å²) in [7, 11) is -3.39. The van der Waals surface area contributed by atoms with Crippen LogP contribution in [-0.4, -0.2) is 58.3 Å². The quantitative estimate of drug-likeness (QED) is 0.542. The Morgan fingerprint density at radius 2 is 1.94 bits per heavy atom. The van der Waals surface area contributed by atoms with Crippen LogP contribution in [0.1, 0.15) is 22.0 Å². The third-order valence-corrected chi connectivity index (χ3v) is 6.05. The summed E-state index contributed by atoms with van der Waals surface area (Å²) in [6.45, 7) is 3.00. The van der Waals surface area contributed by atoms with E-state index in [4.69, 9.17) is 4.74 Å². The maximum absolute atomic E-state index is 12.9. The Labute approximate surface area is 178 Å². The second-order valence-electron chi connectivity index (χ2n) is 7.09. The number of hydrogen-bond donors (Lipinski definition) is 0. The van der Waals surface area contributed by atoms with Gasteiger partial charge >= 0.3 is 5.97 Å². The van der Waals surface area contributed by atoms with E-state index in [0.717, 1.165) is 16.8 Å². The highest BCUT2D eigenvalue weighted by Crippen LogP contribution is 2.23. The number of sulfone groups is 1. The lowest BCUT2D eigenvalue weighted by atomic mass is 10.2. The Morgan fingerprint density at radius 1 is 1.19 bits per heavy atom.